The van der Waals surface area contributed by atoms with Crippen molar-refractivity contribution in [2.75, 3.05) is 19.7 Å². The van der Waals surface area contributed by atoms with Crippen molar-refractivity contribution in [2.24, 2.45) is 5.92 Å². The van der Waals surface area contributed by atoms with Gasteiger partial charge in [-0.3, -0.25) is 4.79 Å². The third kappa shape index (κ3) is 4.39. The Bertz CT molecular complexity index is 1030. The molecule has 0 N–H and O–H groups in total. The molecule has 1 saturated heterocycles. The van der Waals surface area contributed by atoms with Gasteiger partial charge in [0.2, 0.25) is 5.91 Å². The van der Waals surface area contributed by atoms with Crippen molar-refractivity contribution in [3.05, 3.63) is 53.1 Å². The van der Waals surface area contributed by atoms with E-state index < -0.39 is 0 Å². The van der Waals surface area contributed by atoms with Crippen LogP contribution in [-0.2, 0) is 11.2 Å². The first-order valence-corrected chi connectivity index (χ1v) is 10.2. The highest BCUT2D eigenvalue weighted by atomic mass is 16.5. The second kappa shape index (κ2) is 8.19. The van der Waals surface area contributed by atoms with Gasteiger partial charge in [-0.2, -0.15) is 4.98 Å². The van der Waals surface area contributed by atoms with Gasteiger partial charge in [0, 0.05) is 30.4 Å². The van der Waals surface area contributed by atoms with Crippen LogP contribution in [-0.4, -0.2) is 50.1 Å². The molecule has 7 heteroatoms. The van der Waals surface area contributed by atoms with E-state index in [1.54, 1.807) is 4.52 Å². The zero-order valence-electron chi connectivity index (χ0n) is 17.3. The molecule has 1 aliphatic rings. The van der Waals surface area contributed by atoms with Crippen LogP contribution in [0.1, 0.15) is 35.6 Å². The van der Waals surface area contributed by atoms with Crippen LogP contribution in [0.4, 0.5) is 0 Å². The standard InChI is InChI=1S/C22H27N5O2/c1-15-7-4-5-9-19(15)29-14-18-8-6-10-26(13-18)21(28)12-20-24-22-23-16(2)11-17(3)27(22)25-20/h4-5,7,9,11,18H,6,8,10,12-14H2,1-3H3. The number of rotatable bonds is 5. The van der Waals surface area contributed by atoms with Gasteiger partial charge in [-0.1, -0.05) is 18.2 Å². The van der Waals surface area contributed by atoms with E-state index in [0.717, 1.165) is 42.1 Å². The fraction of sp³-hybridized carbons (Fsp3) is 0.455. The summed E-state index contributed by atoms with van der Waals surface area (Å²) in [7, 11) is 0. The molecule has 0 spiro atoms. The number of hydrogen-bond acceptors (Lipinski definition) is 5. The highest BCUT2D eigenvalue weighted by Gasteiger charge is 2.25. The number of likely N-dealkylation sites (tertiary alicyclic amines) is 1. The van der Waals surface area contributed by atoms with Crippen molar-refractivity contribution in [1.82, 2.24) is 24.5 Å². The minimum atomic E-state index is 0.0656. The number of ether oxygens (including phenoxy) is 1. The molecule has 3 aromatic rings. The third-order valence-corrected chi connectivity index (χ3v) is 5.41. The molecule has 1 unspecified atom stereocenters. The predicted molar refractivity (Wildman–Crippen MR) is 110 cm³/mol. The molecule has 1 aromatic carbocycles. The molecule has 0 aliphatic carbocycles. The van der Waals surface area contributed by atoms with Crippen LogP contribution in [0.15, 0.2) is 30.3 Å². The maximum atomic E-state index is 12.8. The predicted octanol–water partition coefficient (Wildman–Crippen LogP) is 2.91. The minimum Gasteiger partial charge on any atom is -0.493 e. The summed E-state index contributed by atoms with van der Waals surface area (Å²) in [6, 6.07) is 9.99. The number of amides is 1. The average molecular weight is 393 g/mol. The van der Waals surface area contributed by atoms with E-state index in [1.165, 1.54) is 0 Å². The van der Waals surface area contributed by atoms with Gasteiger partial charge in [-0.05, 0) is 51.3 Å². The lowest BCUT2D eigenvalue weighted by Crippen LogP contribution is -2.42. The summed E-state index contributed by atoms with van der Waals surface area (Å²) >= 11 is 0. The van der Waals surface area contributed by atoms with Gasteiger partial charge < -0.3 is 9.64 Å². The number of fused-ring (bicyclic) bond motifs is 1. The van der Waals surface area contributed by atoms with E-state index in [1.807, 2.05) is 56.0 Å². The Morgan fingerprint density at radius 2 is 2.03 bits per heavy atom. The summed E-state index contributed by atoms with van der Waals surface area (Å²) in [5.41, 5.74) is 2.99. The van der Waals surface area contributed by atoms with Gasteiger partial charge in [0.1, 0.15) is 5.75 Å². The van der Waals surface area contributed by atoms with Crippen molar-refractivity contribution in [1.29, 1.82) is 0 Å². The topological polar surface area (TPSA) is 72.6 Å². The lowest BCUT2D eigenvalue weighted by Gasteiger charge is -2.32. The highest BCUT2D eigenvalue weighted by molar-refractivity contribution is 5.78. The molecule has 4 rings (SSSR count). The Morgan fingerprint density at radius 1 is 1.21 bits per heavy atom. The van der Waals surface area contributed by atoms with Crippen LogP contribution in [0.3, 0.4) is 0 Å². The van der Waals surface area contributed by atoms with Crippen molar-refractivity contribution in [2.45, 2.75) is 40.0 Å². The number of carbonyl (C=O) groups is 1. The fourth-order valence-corrected chi connectivity index (χ4v) is 3.88. The number of aryl methyl sites for hydroxylation is 3. The second-order valence-corrected chi connectivity index (χ2v) is 7.88. The lowest BCUT2D eigenvalue weighted by molar-refractivity contribution is -0.132. The Hall–Kier alpha value is -2.96. The van der Waals surface area contributed by atoms with Crippen LogP contribution in [0.25, 0.3) is 5.78 Å². The van der Waals surface area contributed by atoms with Gasteiger partial charge in [-0.25, -0.2) is 9.50 Å². The zero-order valence-corrected chi connectivity index (χ0v) is 17.3. The molecule has 1 amide bonds. The zero-order chi connectivity index (χ0) is 20.4. The fourth-order valence-electron chi connectivity index (χ4n) is 3.88. The number of piperidine rings is 1. The normalized spacial score (nSPS) is 16.9. The number of para-hydroxylation sites is 1. The molecule has 1 aliphatic heterocycles. The largest absolute Gasteiger partial charge is 0.493 e. The molecule has 0 bridgehead atoms. The molecular weight excluding hydrogens is 366 g/mol. The van der Waals surface area contributed by atoms with Gasteiger partial charge >= 0.3 is 0 Å². The summed E-state index contributed by atoms with van der Waals surface area (Å²) < 4.78 is 7.71. The minimum absolute atomic E-state index is 0.0656. The van der Waals surface area contributed by atoms with E-state index >= 15 is 0 Å². The van der Waals surface area contributed by atoms with Crippen LogP contribution >= 0.6 is 0 Å². The maximum absolute atomic E-state index is 12.8. The summed E-state index contributed by atoms with van der Waals surface area (Å²) in [5, 5.41) is 4.46. The number of carbonyl (C=O) groups excluding carboxylic acids is 1. The summed E-state index contributed by atoms with van der Waals surface area (Å²) in [4.78, 5) is 23.6. The number of hydrogen-bond donors (Lipinski definition) is 0. The average Bonchev–Trinajstić information content (AvgIpc) is 3.10. The first kappa shape index (κ1) is 19.4. The summed E-state index contributed by atoms with van der Waals surface area (Å²) in [6.07, 6.45) is 2.27. The third-order valence-electron chi connectivity index (χ3n) is 5.41. The van der Waals surface area contributed by atoms with Gasteiger partial charge in [0.25, 0.3) is 5.78 Å². The quantitative estimate of drug-likeness (QED) is 0.666. The lowest BCUT2D eigenvalue weighted by atomic mass is 9.98. The molecule has 0 radical (unpaired) electrons. The Balaban J connectivity index is 1.37. The second-order valence-electron chi connectivity index (χ2n) is 7.88. The number of benzene rings is 1. The Morgan fingerprint density at radius 3 is 2.86 bits per heavy atom. The molecule has 152 valence electrons. The molecular formula is C22H27N5O2. The van der Waals surface area contributed by atoms with E-state index in [0.29, 0.717) is 30.7 Å². The van der Waals surface area contributed by atoms with Gasteiger partial charge in [-0.15, -0.1) is 5.10 Å². The van der Waals surface area contributed by atoms with Crippen molar-refractivity contribution in [3.8, 4) is 5.75 Å². The van der Waals surface area contributed by atoms with Crippen LogP contribution < -0.4 is 4.74 Å². The maximum Gasteiger partial charge on any atom is 0.252 e. The number of aromatic nitrogens is 4. The Kier molecular flexibility index (Phi) is 5.47. The summed E-state index contributed by atoms with van der Waals surface area (Å²) in [5.74, 6) is 2.40. The van der Waals surface area contributed by atoms with Crippen LogP contribution in [0.5, 0.6) is 5.75 Å². The smallest absolute Gasteiger partial charge is 0.252 e. The SMILES string of the molecule is Cc1cc(C)n2nc(CC(=O)N3CCCC(COc4ccccc4C)C3)nc2n1. The van der Waals surface area contributed by atoms with Crippen LogP contribution in [0.2, 0.25) is 0 Å². The molecule has 0 saturated carbocycles. The van der Waals surface area contributed by atoms with Crippen molar-refractivity contribution >= 4 is 11.7 Å². The molecule has 29 heavy (non-hydrogen) atoms. The van der Waals surface area contributed by atoms with E-state index in [9.17, 15) is 4.79 Å². The molecule has 7 nitrogen and oxygen atoms in total. The van der Waals surface area contributed by atoms with Crippen LogP contribution in [0, 0.1) is 26.7 Å². The van der Waals surface area contributed by atoms with Gasteiger partial charge in [0.15, 0.2) is 5.82 Å². The van der Waals surface area contributed by atoms with Crippen molar-refractivity contribution < 1.29 is 9.53 Å². The first-order chi connectivity index (χ1) is 14.0. The molecule has 3 heterocycles. The highest BCUT2D eigenvalue weighted by Crippen LogP contribution is 2.21. The Labute approximate surface area is 170 Å². The van der Waals surface area contributed by atoms with E-state index in [4.69, 9.17) is 4.74 Å². The molecule has 2 aromatic heterocycles. The number of nitrogens with zero attached hydrogens (tertiary/aromatic N) is 5. The van der Waals surface area contributed by atoms with E-state index in [2.05, 4.69) is 15.1 Å². The first-order valence-electron chi connectivity index (χ1n) is 10.2. The molecule has 1 fully saturated rings. The van der Waals surface area contributed by atoms with E-state index in [-0.39, 0.29) is 12.3 Å². The monoisotopic (exact) mass is 393 g/mol. The van der Waals surface area contributed by atoms with Crippen molar-refractivity contribution in [3.63, 3.8) is 0 Å². The van der Waals surface area contributed by atoms with Gasteiger partial charge in [0.05, 0.1) is 13.0 Å². The molecule has 1 atom stereocenters. The summed E-state index contributed by atoms with van der Waals surface area (Å²) in [6.45, 7) is 8.07.